The van der Waals surface area contributed by atoms with Gasteiger partial charge in [-0.3, -0.25) is 4.79 Å². The van der Waals surface area contributed by atoms with Crippen LogP contribution in [0.1, 0.15) is 17.2 Å². The van der Waals surface area contributed by atoms with E-state index in [9.17, 15) is 4.79 Å². The Kier molecular flexibility index (Phi) is 5.07. The van der Waals surface area contributed by atoms with E-state index < -0.39 is 0 Å². The Balaban J connectivity index is 1.50. The summed E-state index contributed by atoms with van der Waals surface area (Å²) in [6.45, 7) is 1.75. The Labute approximate surface area is 142 Å². The van der Waals surface area contributed by atoms with Crippen LogP contribution in [0.2, 0.25) is 0 Å². The molecule has 0 aliphatic rings. The summed E-state index contributed by atoms with van der Waals surface area (Å²) in [5.74, 6) is 1.30. The molecule has 0 saturated carbocycles. The molecule has 1 aromatic carbocycles. The van der Waals surface area contributed by atoms with E-state index in [1.165, 1.54) is 0 Å². The molecule has 0 fully saturated rings. The number of benzene rings is 1. The van der Waals surface area contributed by atoms with Gasteiger partial charge in [0.15, 0.2) is 5.82 Å². The van der Waals surface area contributed by atoms with E-state index >= 15 is 0 Å². The van der Waals surface area contributed by atoms with Crippen LogP contribution >= 0.6 is 11.8 Å². The van der Waals surface area contributed by atoms with E-state index in [0.717, 1.165) is 17.3 Å². The van der Waals surface area contributed by atoms with Crippen LogP contribution in [0.25, 0.3) is 12.2 Å². The Hall–Kier alpha value is -2.87. The fourth-order valence-electron chi connectivity index (χ4n) is 1.81. The summed E-state index contributed by atoms with van der Waals surface area (Å²) in [4.78, 5) is 11.8. The van der Waals surface area contributed by atoms with Crippen molar-refractivity contribution in [1.29, 1.82) is 0 Å². The van der Waals surface area contributed by atoms with Crippen LogP contribution in [0.4, 0.5) is 5.82 Å². The first-order valence-electron chi connectivity index (χ1n) is 7.11. The van der Waals surface area contributed by atoms with Crippen LogP contribution in [0.15, 0.2) is 50.6 Å². The minimum Gasteiger partial charge on any atom is -0.412 e. The van der Waals surface area contributed by atoms with Crippen LogP contribution in [0.3, 0.4) is 0 Å². The highest BCUT2D eigenvalue weighted by atomic mass is 32.2. The number of aromatic nitrogens is 3. The van der Waals surface area contributed by atoms with Gasteiger partial charge in [0.1, 0.15) is 5.76 Å². The second kappa shape index (κ2) is 7.60. The highest BCUT2D eigenvalue weighted by Crippen LogP contribution is 2.18. The summed E-state index contributed by atoms with van der Waals surface area (Å²) < 4.78 is 10.3. The number of aryl methyl sites for hydroxylation is 1. The molecule has 8 heteroatoms. The molecule has 0 saturated heterocycles. The molecule has 0 bridgehead atoms. The molecule has 2 aromatic heterocycles. The monoisotopic (exact) mass is 342 g/mol. The first-order valence-corrected chi connectivity index (χ1v) is 8.10. The van der Waals surface area contributed by atoms with Crippen LogP contribution in [-0.2, 0) is 4.79 Å². The molecule has 122 valence electrons. The SMILES string of the molecule is Cc1cc(NC(=O)CSc2nnc(/C=C/c3ccccc3)o2)no1. The molecule has 0 aliphatic carbocycles. The lowest BCUT2D eigenvalue weighted by atomic mass is 10.2. The van der Waals surface area contributed by atoms with Gasteiger partial charge in [-0.1, -0.05) is 47.3 Å². The van der Waals surface area contributed by atoms with E-state index in [2.05, 4.69) is 20.7 Å². The third-order valence-electron chi connectivity index (χ3n) is 2.86. The smallest absolute Gasteiger partial charge is 0.277 e. The Morgan fingerprint density at radius 3 is 2.83 bits per heavy atom. The zero-order valence-corrected chi connectivity index (χ0v) is 13.6. The normalized spacial score (nSPS) is 11.0. The molecule has 24 heavy (non-hydrogen) atoms. The number of nitrogens with zero attached hydrogens (tertiary/aromatic N) is 3. The lowest BCUT2D eigenvalue weighted by Crippen LogP contribution is -2.14. The van der Waals surface area contributed by atoms with Crippen LogP contribution < -0.4 is 5.32 Å². The van der Waals surface area contributed by atoms with Gasteiger partial charge in [-0.15, -0.1) is 10.2 Å². The molecule has 0 atom stereocenters. The Morgan fingerprint density at radius 1 is 1.25 bits per heavy atom. The van der Waals surface area contributed by atoms with E-state index in [4.69, 9.17) is 8.94 Å². The van der Waals surface area contributed by atoms with Gasteiger partial charge in [-0.05, 0) is 18.6 Å². The van der Waals surface area contributed by atoms with Crippen LogP contribution in [-0.4, -0.2) is 27.0 Å². The minimum atomic E-state index is -0.229. The molecule has 0 spiro atoms. The molecule has 7 nitrogen and oxygen atoms in total. The molecule has 0 radical (unpaired) electrons. The van der Waals surface area contributed by atoms with Gasteiger partial charge in [-0.2, -0.15) is 0 Å². The molecule has 1 amide bonds. The third kappa shape index (κ3) is 4.56. The Morgan fingerprint density at radius 2 is 2.08 bits per heavy atom. The number of anilines is 1. The fourth-order valence-corrected chi connectivity index (χ4v) is 2.38. The molecule has 2 heterocycles. The van der Waals surface area contributed by atoms with E-state index in [0.29, 0.717) is 22.7 Å². The lowest BCUT2D eigenvalue weighted by Gasteiger charge is -1.97. The summed E-state index contributed by atoms with van der Waals surface area (Å²) >= 11 is 1.15. The molecular weight excluding hydrogens is 328 g/mol. The van der Waals surface area contributed by atoms with Crippen molar-refractivity contribution in [2.75, 3.05) is 11.1 Å². The second-order valence-electron chi connectivity index (χ2n) is 4.81. The zero-order chi connectivity index (χ0) is 16.8. The quantitative estimate of drug-likeness (QED) is 0.687. The van der Waals surface area contributed by atoms with Crippen LogP contribution in [0.5, 0.6) is 0 Å². The van der Waals surface area contributed by atoms with Crippen molar-refractivity contribution in [3.8, 4) is 0 Å². The van der Waals surface area contributed by atoms with E-state index in [-0.39, 0.29) is 11.7 Å². The standard InChI is InChI=1S/C16H14N4O3S/c1-11-9-13(20-23-11)17-14(21)10-24-16-19-18-15(22-16)8-7-12-5-3-2-4-6-12/h2-9H,10H2,1H3,(H,17,20,21)/b8-7+. The van der Waals surface area contributed by atoms with Gasteiger partial charge in [0, 0.05) is 12.1 Å². The molecule has 3 rings (SSSR count). The van der Waals surface area contributed by atoms with Crippen LogP contribution in [0, 0.1) is 6.92 Å². The first kappa shape index (κ1) is 16.0. The summed E-state index contributed by atoms with van der Waals surface area (Å²) in [6, 6.07) is 11.4. The van der Waals surface area contributed by atoms with Gasteiger partial charge in [0.25, 0.3) is 5.22 Å². The zero-order valence-electron chi connectivity index (χ0n) is 12.8. The molecule has 0 unspecified atom stereocenters. The van der Waals surface area contributed by atoms with Gasteiger partial charge >= 0.3 is 0 Å². The number of hydrogen-bond acceptors (Lipinski definition) is 7. The first-order chi connectivity index (χ1) is 11.7. The van der Waals surface area contributed by atoms with Gasteiger partial charge in [0.05, 0.1) is 5.75 Å². The van der Waals surface area contributed by atoms with Crippen molar-refractivity contribution in [2.45, 2.75) is 12.1 Å². The van der Waals surface area contributed by atoms with Gasteiger partial charge in [-0.25, -0.2) is 0 Å². The highest BCUT2D eigenvalue weighted by molar-refractivity contribution is 7.99. The summed E-state index contributed by atoms with van der Waals surface area (Å²) in [5.41, 5.74) is 1.03. The second-order valence-corrected chi connectivity index (χ2v) is 5.74. The van der Waals surface area contributed by atoms with Crippen molar-refractivity contribution >= 4 is 35.6 Å². The average Bonchev–Trinajstić information content (AvgIpc) is 3.21. The molecule has 3 aromatic rings. The lowest BCUT2D eigenvalue weighted by molar-refractivity contribution is -0.113. The number of hydrogen-bond donors (Lipinski definition) is 1. The Bertz CT molecular complexity index is 842. The highest BCUT2D eigenvalue weighted by Gasteiger charge is 2.10. The predicted octanol–water partition coefficient (Wildman–Crippen LogP) is 3.27. The summed E-state index contributed by atoms with van der Waals surface area (Å²) in [5, 5.41) is 14.4. The minimum absolute atomic E-state index is 0.135. The van der Waals surface area contributed by atoms with Crippen molar-refractivity contribution in [3.05, 3.63) is 53.6 Å². The largest absolute Gasteiger partial charge is 0.412 e. The maximum absolute atomic E-state index is 11.8. The van der Waals surface area contributed by atoms with Crippen molar-refractivity contribution < 1.29 is 13.7 Å². The summed E-state index contributed by atoms with van der Waals surface area (Å²) in [7, 11) is 0. The summed E-state index contributed by atoms with van der Waals surface area (Å²) in [6.07, 6.45) is 3.60. The maximum Gasteiger partial charge on any atom is 0.277 e. The fraction of sp³-hybridized carbons (Fsp3) is 0.125. The van der Waals surface area contributed by atoms with Gasteiger partial charge < -0.3 is 14.3 Å². The average molecular weight is 342 g/mol. The van der Waals surface area contributed by atoms with Crippen molar-refractivity contribution in [2.24, 2.45) is 0 Å². The van der Waals surface area contributed by atoms with E-state index in [1.54, 1.807) is 19.1 Å². The molecule has 1 N–H and O–H groups in total. The van der Waals surface area contributed by atoms with Crippen molar-refractivity contribution in [3.63, 3.8) is 0 Å². The number of carbonyl (C=O) groups excluding carboxylic acids is 1. The third-order valence-corrected chi connectivity index (χ3v) is 3.68. The number of rotatable bonds is 6. The number of nitrogens with one attached hydrogen (secondary N) is 1. The number of amides is 1. The number of thioether (sulfide) groups is 1. The topological polar surface area (TPSA) is 94.1 Å². The number of carbonyl (C=O) groups is 1. The van der Waals surface area contributed by atoms with E-state index in [1.807, 2.05) is 36.4 Å². The van der Waals surface area contributed by atoms with Gasteiger partial charge in [0.2, 0.25) is 11.8 Å². The predicted molar refractivity (Wildman–Crippen MR) is 90.3 cm³/mol. The molecule has 0 aliphatic heterocycles. The van der Waals surface area contributed by atoms with Crippen molar-refractivity contribution in [1.82, 2.24) is 15.4 Å². The molecular formula is C16H14N4O3S. The maximum atomic E-state index is 11.8.